The third kappa shape index (κ3) is 2.47. The van der Waals surface area contributed by atoms with E-state index in [1.807, 2.05) is 7.05 Å². The van der Waals surface area contributed by atoms with Gasteiger partial charge in [0.15, 0.2) is 0 Å². The van der Waals surface area contributed by atoms with E-state index in [0.29, 0.717) is 0 Å². The Balaban J connectivity index is 2.13. The van der Waals surface area contributed by atoms with Gasteiger partial charge in [-0.3, -0.25) is 0 Å². The zero-order valence-electron chi connectivity index (χ0n) is 13.0. The number of furan rings is 1. The molecule has 2 nitrogen and oxygen atoms in total. The van der Waals surface area contributed by atoms with E-state index in [0.717, 1.165) is 16.7 Å². The minimum absolute atomic E-state index is 0.0803. The van der Waals surface area contributed by atoms with Crippen LogP contribution in [0.25, 0.3) is 11.0 Å². The molecule has 0 spiro atoms. The molecule has 2 aromatic carbocycles. The standard InChI is InChI=1S/C19H21NO/c1-12-8-9-13(2)16(10-12)18(20-4)17-11-15-7-5-6-14(3)19(15)21-17/h5-11,18,20H,1-4H3. The van der Waals surface area contributed by atoms with Crippen LogP contribution in [0.4, 0.5) is 0 Å². The van der Waals surface area contributed by atoms with Crippen molar-refractivity contribution in [3.05, 3.63) is 70.5 Å². The number of nitrogens with one attached hydrogen (secondary N) is 1. The summed E-state index contributed by atoms with van der Waals surface area (Å²) < 4.78 is 6.14. The van der Waals surface area contributed by atoms with E-state index < -0.39 is 0 Å². The molecule has 0 fully saturated rings. The summed E-state index contributed by atoms with van der Waals surface area (Å²) in [6.07, 6.45) is 0. The first-order valence-electron chi connectivity index (χ1n) is 7.33. The monoisotopic (exact) mass is 279 g/mol. The first-order chi connectivity index (χ1) is 10.1. The van der Waals surface area contributed by atoms with Crippen LogP contribution in [0.2, 0.25) is 0 Å². The molecule has 0 bridgehead atoms. The lowest BCUT2D eigenvalue weighted by atomic mass is 9.97. The zero-order chi connectivity index (χ0) is 15.0. The van der Waals surface area contributed by atoms with Gasteiger partial charge in [-0.25, -0.2) is 0 Å². The number of hydrogen-bond acceptors (Lipinski definition) is 2. The Kier molecular flexibility index (Phi) is 3.56. The molecule has 2 heteroatoms. The van der Waals surface area contributed by atoms with Gasteiger partial charge in [-0.2, -0.15) is 0 Å². The molecule has 0 aliphatic heterocycles. The number of aryl methyl sites for hydroxylation is 3. The maximum Gasteiger partial charge on any atom is 0.137 e. The van der Waals surface area contributed by atoms with Crippen LogP contribution < -0.4 is 5.32 Å². The second kappa shape index (κ2) is 5.38. The van der Waals surface area contributed by atoms with Crippen LogP contribution >= 0.6 is 0 Å². The van der Waals surface area contributed by atoms with E-state index in [9.17, 15) is 0 Å². The van der Waals surface area contributed by atoms with Crippen molar-refractivity contribution in [3.63, 3.8) is 0 Å². The molecule has 0 aliphatic rings. The third-order valence-corrected chi connectivity index (χ3v) is 4.08. The number of hydrogen-bond donors (Lipinski definition) is 1. The van der Waals surface area contributed by atoms with Gasteiger partial charge in [0.05, 0.1) is 6.04 Å². The number of benzene rings is 2. The molecule has 1 unspecified atom stereocenters. The largest absolute Gasteiger partial charge is 0.459 e. The van der Waals surface area contributed by atoms with Gasteiger partial charge >= 0.3 is 0 Å². The molecule has 108 valence electrons. The van der Waals surface area contributed by atoms with Crippen molar-refractivity contribution >= 4 is 11.0 Å². The summed E-state index contributed by atoms with van der Waals surface area (Å²) in [5.41, 5.74) is 5.97. The summed E-state index contributed by atoms with van der Waals surface area (Å²) in [6, 6.07) is 15.0. The molecule has 3 aromatic rings. The highest BCUT2D eigenvalue weighted by atomic mass is 16.3. The maximum absolute atomic E-state index is 6.14. The summed E-state index contributed by atoms with van der Waals surface area (Å²) >= 11 is 0. The van der Waals surface area contributed by atoms with Crippen molar-refractivity contribution in [2.45, 2.75) is 26.8 Å². The Labute approximate surface area is 125 Å². The molecule has 21 heavy (non-hydrogen) atoms. The molecular formula is C19H21NO. The quantitative estimate of drug-likeness (QED) is 0.754. The molecule has 0 saturated carbocycles. The number of para-hydroxylation sites is 1. The lowest BCUT2D eigenvalue weighted by Gasteiger charge is -2.17. The van der Waals surface area contributed by atoms with Crippen LogP contribution in [0.1, 0.15) is 34.1 Å². The normalized spacial score (nSPS) is 12.8. The van der Waals surface area contributed by atoms with Crippen LogP contribution in [0.15, 0.2) is 46.9 Å². The van der Waals surface area contributed by atoms with E-state index in [1.165, 1.54) is 22.3 Å². The summed E-state index contributed by atoms with van der Waals surface area (Å²) in [4.78, 5) is 0. The third-order valence-electron chi connectivity index (χ3n) is 4.08. The summed E-state index contributed by atoms with van der Waals surface area (Å²) in [7, 11) is 1.98. The predicted molar refractivity (Wildman–Crippen MR) is 87.8 cm³/mol. The minimum atomic E-state index is 0.0803. The van der Waals surface area contributed by atoms with Crippen molar-refractivity contribution in [3.8, 4) is 0 Å². The molecule has 0 saturated heterocycles. The SMILES string of the molecule is CNC(c1cc2cccc(C)c2o1)c1cc(C)ccc1C. The van der Waals surface area contributed by atoms with Gasteiger partial charge in [-0.05, 0) is 50.6 Å². The van der Waals surface area contributed by atoms with Crippen molar-refractivity contribution in [2.75, 3.05) is 7.05 Å². The molecule has 1 atom stereocenters. The Morgan fingerprint density at radius 2 is 1.76 bits per heavy atom. The Morgan fingerprint density at radius 3 is 2.48 bits per heavy atom. The van der Waals surface area contributed by atoms with E-state index in [4.69, 9.17) is 4.42 Å². The lowest BCUT2D eigenvalue weighted by Crippen LogP contribution is -2.18. The lowest BCUT2D eigenvalue weighted by molar-refractivity contribution is 0.489. The van der Waals surface area contributed by atoms with E-state index in [-0.39, 0.29) is 6.04 Å². The van der Waals surface area contributed by atoms with E-state index in [1.54, 1.807) is 0 Å². The second-order valence-corrected chi connectivity index (χ2v) is 5.72. The summed E-state index contributed by atoms with van der Waals surface area (Å²) in [5, 5.41) is 4.55. The molecule has 1 N–H and O–H groups in total. The van der Waals surface area contributed by atoms with E-state index >= 15 is 0 Å². The Morgan fingerprint density at radius 1 is 0.952 bits per heavy atom. The van der Waals surface area contributed by atoms with Crippen LogP contribution in [0.3, 0.4) is 0 Å². The number of fused-ring (bicyclic) bond motifs is 1. The molecular weight excluding hydrogens is 258 g/mol. The molecule has 0 radical (unpaired) electrons. The van der Waals surface area contributed by atoms with Gasteiger partial charge in [0.2, 0.25) is 0 Å². The zero-order valence-corrected chi connectivity index (χ0v) is 13.0. The highest BCUT2D eigenvalue weighted by Gasteiger charge is 2.19. The summed E-state index contributed by atoms with van der Waals surface area (Å²) in [5.74, 6) is 0.968. The smallest absolute Gasteiger partial charge is 0.137 e. The fourth-order valence-corrected chi connectivity index (χ4v) is 2.89. The number of rotatable bonds is 3. The minimum Gasteiger partial charge on any atom is -0.459 e. The van der Waals surface area contributed by atoms with Crippen molar-refractivity contribution in [1.82, 2.24) is 5.32 Å². The molecule has 0 amide bonds. The van der Waals surface area contributed by atoms with Crippen molar-refractivity contribution in [2.24, 2.45) is 0 Å². The molecule has 0 aliphatic carbocycles. The van der Waals surface area contributed by atoms with Crippen LogP contribution in [-0.4, -0.2) is 7.05 Å². The fraction of sp³-hybridized carbons (Fsp3) is 0.263. The van der Waals surface area contributed by atoms with Crippen molar-refractivity contribution in [1.29, 1.82) is 0 Å². The molecule has 1 heterocycles. The van der Waals surface area contributed by atoms with Gasteiger partial charge < -0.3 is 9.73 Å². The van der Waals surface area contributed by atoms with Gasteiger partial charge in [0, 0.05) is 5.39 Å². The van der Waals surface area contributed by atoms with Crippen LogP contribution in [0.5, 0.6) is 0 Å². The average Bonchev–Trinajstić information content (AvgIpc) is 2.89. The highest BCUT2D eigenvalue weighted by molar-refractivity contribution is 5.81. The van der Waals surface area contributed by atoms with Gasteiger partial charge in [0.25, 0.3) is 0 Å². The van der Waals surface area contributed by atoms with Crippen molar-refractivity contribution < 1.29 is 4.42 Å². The molecule has 3 rings (SSSR count). The maximum atomic E-state index is 6.14. The first kappa shape index (κ1) is 13.9. The van der Waals surface area contributed by atoms with E-state index in [2.05, 4.69) is 68.6 Å². The topological polar surface area (TPSA) is 25.2 Å². The second-order valence-electron chi connectivity index (χ2n) is 5.72. The highest BCUT2D eigenvalue weighted by Crippen LogP contribution is 2.31. The Bertz CT molecular complexity index is 785. The van der Waals surface area contributed by atoms with Gasteiger partial charge in [0.1, 0.15) is 11.3 Å². The average molecular weight is 279 g/mol. The molecule has 1 aromatic heterocycles. The Hall–Kier alpha value is -2.06. The van der Waals surface area contributed by atoms with Gasteiger partial charge in [-0.1, -0.05) is 42.0 Å². The van der Waals surface area contributed by atoms with Crippen LogP contribution in [-0.2, 0) is 0 Å². The summed E-state index contributed by atoms with van der Waals surface area (Å²) in [6.45, 7) is 6.35. The predicted octanol–water partition coefficient (Wildman–Crippen LogP) is 4.67. The first-order valence-corrected chi connectivity index (χ1v) is 7.33. The fourth-order valence-electron chi connectivity index (χ4n) is 2.89. The van der Waals surface area contributed by atoms with Crippen LogP contribution in [0, 0.1) is 20.8 Å². The van der Waals surface area contributed by atoms with Gasteiger partial charge in [-0.15, -0.1) is 0 Å².